The number of hydrogen-bond donors (Lipinski definition) is 10. The van der Waals surface area contributed by atoms with E-state index >= 15 is 0 Å². The van der Waals surface area contributed by atoms with Crippen LogP contribution in [0.5, 0.6) is 0 Å². The molecule has 0 saturated carbocycles. The topological polar surface area (TPSA) is 346 Å². The molecule has 0 unspecified atom stereocenters. The molecule has 0 spiro atoms. The van der Waals surface area contributed by atoms with E-state index in [4.69, 9.17) is 33.1 Å². The van der Waals surface area contributed by atoms with Gasteiger partial charge in [-0.1, -0.05) is 182 Å². The number of carbonyl (C=O) groups excluding carboxylic acids is 2. The number of hydrogen-bond acceptors (Lipinski definition) is 21. The number of ketones is 2. The van der Waals surface area contributed by atoms with Gasteiger partial charge in [0.25, 0.3) is 5.69 Å². The Bertz CT molecular complexity index is 6350. The van der Waals surface area contributed by atoms with E-state index < -0.39 is 55.6 Å². The van der Waals surface area contributed by atoms with Crippen molar-refractivity contribution in [2.75, 3.05) is 114 Å². The highest BCUT2D eigenvalue weighted by Gasteiger charge is 2.38. The Hall–Kier alpha value is -13.5. The molecule has 0 aromatic heterocycles. The highest BCUT2D eigenvalue weighted by molar-refractivity contribution is 9.11. The molecule has 13 aromatic rings. The number of aliphatic hydroxyl groups excluding tert-OH is 1. The summed E-state index contributed by atoms with van der Waals surface area (Å²) in [6, 6.07) is 79.8. The highest BCUT2D eigenvalue weighted by atomic mass is 79.9. The van der Waals surface area contributed by atoms with Crippen LogP contribution in [0.4, 0.5) is 109 Å². The molecule has 0 radical (unpaired) electrons. The van der Waals surface area contributed by atoms with E-state index in [2.05, 4.69) is 109 Å². The second kappa shape index (κ2) is 57.0. The molecule has 14 N–H and O–H groups in total. The molecule has 0 amide bonds. The first-order valence-electron chi connectivity index (χ1n) is 44.4. The van der Waals surface area contributed by atoms with Gasteiger partial charge in [-0.2, -0.15) is 4.39 Å². The van der Waals surface area contributed by atoms with Crippen LogP contribution < -0.4 is 68.7 Å². The summed E-state index contributed by atoms with van der Waals surface area (Å²) in [6.07, 6.45) is 0.497. The normalized spacial score (nSPS) is 11.9. The first kappa shape index (κ1) is 118. The Morgan fingerprint density at radius 2 is 0.762 bits per heavy atom. The number of carbonyl (C=O) groups is 3. The molecule has 36 heteroatoms. The van der Waals surface area contributed by atoms with Crippen LogP contribution in [0.3, 0.4) is 0 Å². The van der Waals surface area contributed by atoms with Gasteiger partial charge in [-0.25, -0.2) is 30.7 Å². The largest absolute Gasteiger partial charge is 0.480 e. The molecule has 24 nitrogen and oxygen atoms in total. The third kappa shape index (κ3) is 37.1. The number of aliphatic carboxylic acids is 1. The van der Waals surface area contributed by atoms with Crippen LogP contribution in [0.15, 0.2) is 291 Å². The Labute approximate surface area is 862 Å². The number of aliphatic hydroxyl groups is 1. The number of nitrogen functional groups attached to an aromatic ring is 3. The minimum Gasteiger partial charge on any atom is -0.480 e. The SMILES string of the molecule is CC(C)(N)C(=O)O.CCO.CN(Cc1ccccc1)c1cc(Br)c(F)c(Br)c1N.CN(Cc1ccccc1)c1cc(Br)c(F)c2c1CC(=O)C(C)(C)N2.CN(Cc1ccccc1)c1cc(Br)c(F)cc1N.CN(Cc1ccccc1)c1ccc(F)cc1N.CN(Cc1ccccc1)c1ccc(F)cc1[N+](=O)[O-].CNCc1ccccc1.CNc1ccc(F)c2c1CC(=O)C(C)(C)N2.O=[N+]([O-])c1cc(F)ccc1F. The molecule has 0 atom stereocenters. The van der Waals surface area contributed by atoms with Crippen molar-refractivity contribution >= 4 is 155 Å². The third-order valence-corrected chi connectivity index (χ3v) is 23.9. The van der Waals surface area contributed by atoms with Gasteiger partial charge in [0.2, 0.25) is 5.82 Å². The Balaban J connectivity index is 0.000000249. The quantitative estimate of drug-likeness (QED) is 0.0105. The molecule has 0 saturated heterocycles. The zero-order valence-electron chi connectivity index (χ0n) is 81.6. The molecule has 2 heterocycles. The molecule has 0 aliphatic carbocycles. The molecule has 0 bridgehead atoms. The number of carboxylic acid groups (broad SMARTS) is 1. The van der Waals surface area contributed by atoms with Crippen molar-refractivity contribution in [2.45, 2.75) is 117 Å². The zero-order valence-corrected chi connectivity index (χ0v) is 87.9. The monoisotopic (exact) mass is 2230 g/mol. The fraction of sp³-hybridized carbons (Fsp3) is 0.243. The summed E-state index contributed by atoms with van der Waals surface area (Å²) < 4.78 is 107. The third-order valence-electron chi connectivity index (χ3n) is 21.4. The molecule has 2 aliphatic rings. The van der Waals surface area contributed by atoms with Gasteiger partial charge in [-0.15, -0.1) is 0 Å². The number of nitrogens with zero attached hydrogens (tertiary/aromatic N) is 7. The number of halogens is 12. The van der Waals surface area contributed by atoms with Gasteiger partial charge < -0.3 is 78.9 Å². The molecule has 15 rings (SSSR count). The summed E-state index contributed by atoms with van der Waals surface area (Å²) in [6.45, 7) is 16.3. The molecule has 760 valence electrons. The van der Waals surface area contributed by atoms with E-state index in [0.29, 0.717) is 84.9 Å². The van der Waals surface area contributed by atoms with Crippen LogP contribution >= 0.6 is 63.7 Å². The van der Waals surface area contributed by atoms with Gasteiger partial charge in [0, 0.05) is 130 Å². The van der Waals surface area contributed by atoms with Crippen molar-refractivity contribution in [1.82, 2.24) is 5.32 Å². The summed E-state index contributed by atoms with van der Waals surface area (Å²) in [4.78, 5) is 63.3. The van der Waals surface area contributed by atoms with E-state index in [1.54, 1.807) is 83.9 Å². The Morgan fingerprint density at radius 3 is 1.16 bits per heavy atom. The van der Waals surface area contributed by atoms with Crippen LogP contribution in [0.25, 0.3) is 0 Å². The van der Waals surface area contributed by atoms with Crippen LogP contribution in [-0.4, -0.2) is 110 Å². The fourth-order valence-corrected chi connectivity index (χ4v) is 15.6. The Kier molecular flexibility index (Phi) is 47.1. The predicted molar refractivity (Wildman–Crippen MR) is 575 cm³/mol. The number of fused-ring (bicyclic) bond motifs is 2. The van der Waals surface area contributed by atoms with Gasteiger partial charge in [-0.05, 0) is 225 Å². The number of nitrogens with one attached hydrogen (secondary N) is 4. The second-order valence-corrected chi connectivity index (χ2v) is 37.6. The maximum Gasteiger partial charge on any atom is 0.323 e. The van der Waals surface area contributed by atoms with Crippen molar-refractivity contribution < 1.29 is 69.6 Å². The summed E-state index contributed by atoms with van der Waals surface area (Å²) >= 11 is 12.9. The number of nitro benzene ring substituents is 2. The molecular formula is C107H119Br4F8N15O9. The lowest BCUT2D eigenvalue weighted by Crippen LogP contribution is -2.45. The summed E-state index contributed by atoms with van der Waals surface area (Å²) in [5.41, 5.74) is 34.2. The first-order chi connectivity index (χ1) is 67.5. The lowest BCUT2D eigenvalue weighted by atomic mass is 9.87. The molecule has 143 heavy (non-hydrogen) atoms. The summed E-state index contributed by atoms with van der Waals surface area (Å²) in [5.74, 6) is -4.99. The Morgan fingerprint density at radius 1 is 0.434 bits per heavy atom. The van der Waals surface area contributed by atoms with E-state index in [9.17, 15) is 69.7 Å². The van der Waals surface area contributed by atoms with Crippen molar-refractivity contribution in [2.24, 2.45) is 5.73 Å². The lowest BCUT2D eigenvalue weighted by Gasteiger charge is -2.35. The number of nitrogens with two attached hydrogens (primary N) is 4. The number of nitro groups is 2. The summed E-state index contributed by atoms with van der Waals surface area (Å²) in [7, 11) is 13.2. The number of anilines is 11. The van der Waals surface area contributed by atoms with E-state index in [0.717, 1.165) is 76.9 Å². The molecular weight excluding hydrogens is 2110 g/mol. The van der Waals surface area contributed by atoms with Gasteiger partial charge in [-0.3, -0.25) is 34.6 Å². The van der Waals surface area contributed by atoms with E-state index in [1.165, 1.54) is 72.5 Å². The van der Waals surface area contributed by atoms with Gasteiger partial charge >= 0.3 is 11.7 Å². The number of rotatable bonds is 21. The predicted octanol–water partition coefficient (Wildman–Crippen LogP) is 24.6. The fourth-order valence-electron chi connectivity index (χ4n) is 13.8. The van der Waals surface area contributed by atoms with E-state index in [-0.39, 0.29) is 70.3 Å². The van der Waals surface area contributed by atoms with Crippen LogP contribution in [0.1, 0.15) is 93.0 Å². The molecule has 0 fully saturated rings. The van der Waals surface area contributed by atoms with Gasteiger partial charge in [0.15, 0.2) is 23.2 Å². The standard InChI is InChI=1S/C19H20BrFN2O.C14H13Br2FN2.C14H14BrFN2.C14H13FN2O2.C14H15FN2.C12H15FN2O.C8H11N.C6H3F2NO2.C4H9NO2.C2H6O/c1-19(2)16(24)9-13-15(10-14(20)17(21)18(13)22-19)23(3)11-12-7-5-4-6-8-12;1-19(8-9-5-3-2-4-6-9)11-7-10(15)13(17)12(16)14(11)18;1-18(9-10-5-3-2-4-6-10)14-7-11(15)12(16)8-13(14)17;1-16(10-11-5-3-2-4-6-11)13-8-7-12(15)9-14(13)17(18)19;1-17(10-11-5-3-2-4-6-11)14-8-7-12(15)9-13(14)16;1-12(2)10(16)6-7-9(14-3)5-4-8(13)11(7)15-12;1-9-7-8-5-3-2-4-6-8;7-4-1-2-5(8)6(3-4)9(10)11;1-4(2,5)3(6)7;1-2-3/h4-8,10,22H,9,11H2,1-3H3;2-7H,8,18H2,1H3;2-8H,9,17H2,1H3;2-9H,10H2,1H3;2-9H,10,16H2,1H3;4-5,14-15H,6H2,1-3H3;2-6,9H,7H2,1H3;1-3H;5H2,1-2H3,(H,6,7);3H,2H2,1H3. The summed E-state index contributed by atoms with van der Waals surface area (Å²) in [5, 5.41) is 48.7. The first-order valence-corrected chi connectivity index (χ1v) is 47.6. The average Bonchev–Trinajstić information content (AvgIpc) is 0.756. The van der Waals surface area contributed by atoms with Crippen molar-refractivity contribution in [3.05, 3.63) is 402 Å². The second-order valence-electron chi connectivity index (χ2n) is 34.2. The van der Waals surface area contributed by atoms with Gasteiger partial charge in [0.1, 0.15) is 40.3 Å². The number of benzene rings is 13. The maximum absolute atomic E-state index is 14.6. The van der Waals surface area contributed by atoms with Crippen molar-refractivity contribution in [3.63, 3.8) is 0 Å². The average molecular weight is 2230 g/mol. The molecule has 13 aromatic carbocycles. The minimum absolute atomic E-state index is 0.0612. The van der Waals surface area contributed by atoms with Crippen LogP contribution in [0.2, 0.25) is 0 Å². The highest BCUT2D eigenvalue weighted by Crippen LogP contribution is 2.43. The van der Waals surface area contributed by atoms with Crippen LogP contribution in [-0.2, 0) is 66.5 Å². The number of carboxylic acids is 1. The smallest absolute Gasteiger partial charge is 0.323 e. The maximum atomic E-state index is 14.6. The van der Waals surface area contributed by atoms with E-state index in [1.807, 2.05) is 213 Å². The van der Waals surface area contributed by atoms with Gasteiger partial charge in [0.05, 0.1) is 96.4 Å². The van der Waals surface area contributed by atoms with Crippen molar-refractivity contribution in [3.8, 4) is 0 Å². The zero-order chi connectivity index (χ0) is 106. The van der Waals surface area contributed by atoms with Crippen LogP contribution in [0, 0.1) is 66.8 Å². The lowest BCUT2D eigenvalue weighted by molar-refractivity contribution is -0.387. The minimum atomic E-state index is -1.08. The van der Waals surface area contributed by atoms with Crippen molar-refractivity contribution in [1.29, 1.82) is 0 Å². The number of Topliss-reactive ketones (excluding diaryl/α,β-unsaturated/α-hetero) is 2. The molecule has 2 aliphatic heterocycles.